The van der Waals surface area contributed by atoms with Gasteiger partial charge in [-0.1, -0.05) is 45.0 Å². The highest BCUT2D eigenvalue weighted by Gasteiger charge is 2.22. The first-order chi connectivity index (χ1) is 11.3. The summed E-state index contributed by atoms with van der Waals surface area (Å²) in [5.74, 6) is 0. The number of carbonyl (C=O) groups excluding carboxylic acids is 1. The zero-order valence-corrected chi connectivity index (χ0v) is 15.4. The maximum Gasteiger partial charge on any atom is 0.317 e. The molecular weight excluding hydrogens is 302 g/mol. The number of nitrogens with zero attached hydrogens (tertiary/aromatic N) is 2. The fraction of sp³-hybridized carbons (Fsp3) is 0.632. The van der Waals surface area contributed by atoms with E-state index in [-0.39, 0.29) is 24.1 Å². The van der Waals surface area contributed by atoms with Crippen molar-refractivity contribution in [2.75, 3.05) is 39.3 Å². The van der Waals surface area contributed by atoms with Gasteiger partial charge in [-0.2, -0.15) is 0 Å². The summed E-state index contributed by atoms with van der Waals surface area (Å²) in [6.45, 7) is 12.5. The SMILES string of the molecule is CC(NC(=O)N1CCN(CCO)CC1)c1ccc(C(C)(C)C)cc1. The lowest BCUT2D eigenvalue weighted by atomic mass is 9.86. The molecule has 1 aromatic rings. The van der Waals surface area contributed by atoms with E-state index >= 15 is 0 Å². The molecule has 1 heterocycles. The molecule has 1 saturated heterocycles. The van der Waals surface area contributed by atoms with Gasteiger partial charge in [0.1, 0.15) is 0 Å². The van der Waals surface area contributed by atoms with Gasteiger partial charge in [-0.25, -0.2) is 4.79 Å². The second-order valence-corrected chi connectivity index (χ2v) is 7.60. The molecule has 2 rings (SSSR count). The lowest BCUT2D eigenvalue weighted by Gasteiger charge is -2.35. The van der Waals surface area contributed by atoms with E-state index in [4.69, 9.17) is 5.11 Å². The Kier molecular flexibility index (Phi) is 6.24. The van der Waals surface area contributed by atoms with Gasteiger partial charge in [0.05, 0.1) is 12.6 Å². The third-order valence-electron chi connectivity index (χ3n) is 4.69. The fourth-order valence-corrected chi connectivity index (χ4v) is 2.95. The standard InChI is InChI=1S/C19H31N3O2/c1-15(16-5-7-17(8-6-16)19(2,3)4)20-18(24)22-11-9-21(10-12-22)13-14-23/h5-8,15,23H,9-14H2,1-4H3,(H,20,24). The number of urea groups is 1. The van der Waals surface area contributed by atoms with Crippen LogP contribution >= 0.6 is 0 Å². The molecule has 2 N–H and O–H groups in total. The molecule has 0 bridgehead atoms. The molecule has 0 aliphatic carbocycles. The van der Waals surface area contributed by atoms with Gasteiger partial charge in [-0.05, 0) is 23.5 Å². The van der Waals surface area contributed by atoms with E-state index in [2.05, 4.69) is 55.3 Å². The van der Waals surface area contributed by atoms with E-state index in [0.29, 0.717) is 19.6 Å². The predicted octanol–water partition coefficient (Wildman–Crippen LogP) is 2.36. The van der Waals surface area contributed by atoms with Crippen molar-refractivity contribution >= 4 is 6.03 Å². The van der Waals surface area contributed by atoms with Gasteiger partial charge in [0.2, 0.25) is 0 Å². The summed E-state index contributed by atoms with van der Waals surface area (Å²) in [7, 11) is 0. The van der Waals surface area contributed by atoms with E-state index in [9.17, 15) is 4.79 Å². The summed E-state index contributed by atoms with van der Waals surface area (Å²) in [6, 6.07) is 8.47. The topological polar surface area (TPSA) is 55.8 Å². The quantitative estimate of drug-likeness (QED) is 0.889. The number of aliphatic hydroxyl groups excluding tert-OH is 1. The molecule has 2 amide bonds. The van der Waals surface area contributed by atoms with Gasteiger partial charge in [-0.3, -0.25) is 4.90 Å². The van der Waals surface area contributed by atoms with Crippen molar-refractivity contribution < 1.29 is 9.90 Å². The number of β-amino-alcohol motifs (C(OH)–C–C–N with tert-alkyl or cyclic N) is 1. The third-order valence-corrected chi connectivity index (χ3v) is 4.69. The number of carbonyl (C=O) groups is 1. The summed E-state index contributed by atoms with van der Waals surface area (Å²) >= 11 is 0. The Bertz CT molecular complexity index is 529. The van der Waals surface area contributed by atoms with Crippen LogP contribution in [-0.4, -0.2) is 60.3 Å². The Hall–Kier alpha value is -1.59. The average molecular weight is 333 g/mol. The van der Waals surface area contributed by atoms with Crippen LogP contribution in [0.5, 0.6) is 0 Å². The predicted molar refractivity (Wildman–Crippen MR) is 97.2 cm³/mol. The fourth-order valence-electron chi connectivity index (χ4n) is 2.95. The second kappa shape index (κ2) is 7.99. The molecule has 24 heavy (non-hydrogen) atoms. The summed E-state index contributed by atoms with van der Waals surface area (Å²) in [4.78, 5) is 16.5. The van der Waals surface area contributed by atoms with Gasteiger partial charge in [0, 0.05) is 32.7 Å². The molecule has 5 nitrogen and oxygen atoms in total. The summed E-state index contributed by atoms with van der Waals surface area (Å²) in [6.07, 6.45) is 0. The van der Waals surface area contributed by atoms with Crippen molar-refractivity contribution in [1.29, 1.82) is 0 Å². The summed E-state index contributed by atoms with van der Waals surface area (Å²) < 4.78 is 0. The van der Waals surface area contributed by atoms with Crippen LogP contribution in [0, 0.1) is 0 Å². The van der Waals surface area contributed by atoms with Crippen molar-refractivity contribution in [2.24, 2.45) is 0 Å². The highest BCUT2D eigenvalue weighted by molar-refractivity contribution is 5.74. The van der Waals surface area contributed by atoms with Gasteiger partial charge < -0.3 is 15.3 Å². The first-order valence-corrected chi connectivity index (χ1v) is 8.80. The molecule has 0 saturated carbocycles. The smallest absolute Gasteiger partial charge is 0.317 e. The number of aliphatic hydroxyl groups is 1. The monoisotopic (exact) mass is 333 g/mol. The highest BCUT2D eigenvalue weighted by atomic mass is 16.3. The summed E-state index contributed by atoms with van der Waals surface area (Å²) in [5.41, 5.74) is 2.55. The maximum atomic E-state index is 12.4. The first-order valence-electron chi connectivity index (χ1n) is 8.80. The van der Waals surface area contributed by atoms with Crippen molar-refractivity contribution in [2.45, 2.75) is 39.2 Å². The molecular formula is C19H31N3O2. The van der Waals surface area contributed by atoms with Gasteiger partial charge in [0.15, 0.2) is 0 Å². The molecule has 1 aliphatic rings. The highest BCUT2D eigenvalue weighted by Crippen LogP contribution is 2.24. The van der Waals surface area contributed by atoms with Crippen molar-refractivity contribution in [1.82, 2.24) is 15.1 Å². The van der Waals surface area contributed by atoms with Crippen molar-refractivity contribution in [3.05, 3.63) is 35.4 Å². The van der Waals surface area contributed by atoms with Crippen LogP contribution in [0.4, 0.5) is 4.79 Å². The molecule has 0 spiro atoms. The summed E-state index contributed by atoms with van der Waals surface area (Å²) in [5, 5.41) is 12.1. The van der Waals surface area contributed by atoms with E-state index in [0.717, 1.165) is 18.7 Å². The van der Waals surface area contributed by atoms with Crippen LogP contribution in [0.1, 0.15) is 44.9 Å². The first kappa shape index (κ1) is 18.7. The minimum absolute atomic E-state index is 0.00829. The van der Waals surface area contributed by atoms with Crippen LogP contribution < -0.4 is 5.32 Å². The molecule has 0 radical (unpaired) electrons. The average Bonchev–Trinajstić information content (AvgIpc) is 2.55. The molecule has 134 valence electrons. The normalized spacial score (nSPS) is 17.6. The van der Waals surface area contributed by atoms with Crippen molar-refractivity contribution in [3.8, 4) is 0 Å². The minimum atomic E-state index is -0.0120. The number of hydrogen-bond donors (Lipinski definition) is 2. The molecule has 1 aliphatic heterocycles. The Labute approximate surface area is 145 Å². The number of benzene rings is 1. The lowest BCUT2D eigenvalue weighted by Crippen LogP contribution is -2.52. The van der Waals surface area contributed by atoms with Crippen molar-refractivity contribution in [3.63, 3.8) is 0 Å². The van der Waals surface area contributed by atoms with Crippen LogP contribution in [0.2, 0.25) is 0 Å². The molecule has 1 fully saturated rings. The van der Waals surface area contributed by atoms with Crippen LogP contribution in [0.15, 0.2) is 24.3 Å². The third kappa shape index (κ3) is 4.95. The number of piperazine rings is 1. The Morgan fingerprint density at radius 3 is 2.25 bits per heavy atom. The Morgan fingerprint density at radius 1 is 1.17 bits per heavy atom. The van der Waals surface area contributed by atoms with E-state index in [1.807, 2.05) is 11.8 Å². The van der Waals surface area contributed by atoms with Gasteiger partial charge in [0.25, 0.3) is 0 Å². The van der Waals surface area contributed by atoms with E-state index < -0.39 is 0 Å². The molecule has 1 atom stereocenters. The van der Waals surface area contributed by atoms with E-state index in [1.54, 1.807) is 0 Å². The Balaban J connectivity index is 1.88. The Morgan fingerprint density at radius 2 is 1.75 bits per heavy atom. The number of amides is 2. The zero-order valence-electron chi connectivity index (χ0n) is 15.4. The number of hydrogen-bond acceptors (Lipinski definition) is 3. The minimum Gasteiger partial charge on any atom is -0.395 e. The number of rotatable bonds is 4. The number of nitrogens with one attached hydrogen (secondary N) is 1. The van der Waals surface area contributed by atoms with Crippen LogP contribution in [0.3, 0.4) is 0 Å². The molecule has 5 heteroatoms. The van der Waals surface area contributed by atoms with E-state index in [1.165, 1.54) is 5.56 Å². The maximum absolute atomic E-state index is 12.4. The van der Waals surface area contributed by atoms with Gasteiger partial charge >= 0.3 is 6.03 Å². The second-order valence-electron chi connectivity index (χ2n) is 7.60. The molecule has 0 aromatic heterocycles. The zero-order chi connectivity index (χ0) is 17.7. The molecule has 1 unspecified atom stereocenters. The largest absolute Gasteiger partial charge is 0.395 e. The van der Waals surface area contributed by atoms with Crippen LogP contribution in [-0.2, 0) is 5.41 Å². The van der Waals surface area contributed by atoms with Gasteiger partial charge in [-0.15, -0.1) is 0 Å². The molecule has 1 aromatic carbocycles. The van der Waals surface area contributed by atoms with Crippen LogP contribution in [0.25, 0.3) is 0 Å². The lowest BCUT2D eigenvalue weighted by molar-refractivity contribution is 0.121.